The third-order valence-electron chi connectivity index (χ3n) is 3.08. The Labute approximate surface area is 117 Å². The largest absolute Gasteiger partial charge is 0.376 e. The summed E-state index contributed by atoms with van der Waals surface area (Å²) in [4.78, 5) is 26.0. The second-order valence-electron chi connectivity index (χ2n) is 4.39. The Bertz CT molecular complexity index is 459. The predicted molar refractivity (Wildman–Crippen MR) is 74.2 cm³/mol. The number of piperazine rings is 1. The molecule has 2 rings (SSSR count). The fourth-order valence-electron chi connectivity index (χ4n) is 1.96. The zero-order valence-corrected chi connectivity index (χ0v) is 11.3. The van der Waals surface area contributed by atoms with Crippen molar-refractivity contribution >= 4 is 29.6 Å². The number of hydrogen-bond donors (Lipinski definition) is 1. The van der Waals surface area contributed by atoms with Crippen LogP contribution in [0.4, 0.5) is 5.69 Å². The number of hydrogen-bond acceptors (Lipinski definition) is 3. The molecule has 1 saturated heterocycles. The van der Waals surface area contributed by atoms with Crippen molar-refractivity contribution in [3.05, 3.63) is 29.3 Å². The number of halogens is 1. The van der Waals surface area contributed by atoms with E-state index in [1.807, 2.05) is 12.1 Å². The Kier molecular flexibility index (Phi) is 4.63. The highest BCUT2D eigenvalue weighted by Crippen LogP contribution is 2.14. The Hall–Kier alpha value is -1.75. The maximum atomic E-state index is 12.0. The van der Waals surface area contributed by atoms with Crippen LogP contribution in [0.2, 0.25) is 5.02 Å². The Balaban J connectivity index is 1.80. The van der Waals surface area contributed by atoms with Crippen molar-refractivity contribution in [1.29, 1.82) is 0 Å². The van der Waals surface area contributed by atoms with Gasteiger partial charge in [0.2, 0.25) is 12.3 Å². The molecule has 0 radical (unpaired) electrons. The monoisotopic (exact) mass is 281 g/mol. The van der Waals surface area contributed by atoms with Gasteiger partial charge in [-0.2, -0.15) is 0 Å². The minimum absolute atomic E-state index is 0.0329. The molecule has 2 amide bonds. The van der Waals surface area contributed by atoms with E-state index < -0.39 is 0 Å². The van der Waals surface area contributed by atoms with Crippen LogP contribution in [0.1, 0.15) is 0 Å². The van der Waals surface area contributed by atoms with Gasteiger partial charge in [0.1, 0.15) is 0 Å². The molecule has 0 saturated carbocycles. The average molecular weight is 282 g/mol. The lowest BCUT2D eigenvalue weighted by molar-refractivity contribution is -0.133. The lowest BCUT2D eigenvalue weighted by Gasteiger charge is -2.32. The van der Waals surface area contributed by atoms with Crippen molar-refractivity contribution < 1.29 is 9.59 Å². The molecule has 0 unspecified atom stereocenters. The molecule has 0 aromatic heterocycles. The molecular formula is C13H16ClN3O2. The highest BCUT2D eigenvalue weighted by atomic mass is 35.5. The number of nitrogens with zero attached hydrogens (tertiary/aromatic N) is 2. The van der Waals surface area contributed by atoms with Gasteiger partial charge in [-0.05, 0) is 18.2 Å². The summed E-state index contributed by atoms with van der Waals surface area (Å²) < 4.78 is 0. The number of nitrogens with one attached hydrogen (secondary N) is 1. The number of carbonyl (C=O) groups excluding carboxylic acids is 2. The van der Waals surface area contributed by atoms with Gasteiger partial charge in [-0.15, -0.1) is 0 Å². The lowest BCUT2D eigenvalue weighted by Crippen LogP contribution is -2.49. The molecule has 1 fully saturated rings. The van der Waals surface area contributed by atoms with Crippen molar-refractivity contribution in [2.45, 2.75) is 0 Å². The van der Waals surface area contributed by atoms with E-state index >= 15 is 0 Å². The summed E-state index contributed by atoms with van der Waals surface area (Å²) in [5.74, 6) is 0.0329. The number of amides is 2. The van der Waals surface area contributed by atoms with Crippen molar-refractivity contribution in [3.8, 4) is 0 Å². The summed E-state index contributed by atoms with van der Waals surface area (Å²) in [6.45, 7) is 2.63. The molecule has 19 heavy (non-hydrogen) atoms. The van der Waals surface area contributed by atoms with E-state index in [2.05, 4.69) is 5.32 Å². The molecular weight excluding hydrogens is 266 g/mol. The number of benzene rings is 1. The van der Waals surface area contributed by atoms with Crippen LogP contribution in [0.25, 0.3) is 0 Å². The molecule has 1 aliphatic heterocycles. The van der Waals surface area contributed by atoms with E-state index in [9.17, 15) is 9.59 Å². The predicted octanol–water partition coefficient (Wildman–Crippen LogP) is 1.05. The van der Waals surface area contributed by atoms with E-state index in [0.29, 0.717) is 31.2 Å². The van der Waals surface area contributed by atoms with Crippen molar-refractivity contribution in [1.82, 2.24) is 9.80 Å². The summed E-state index contributed by atoms with van der Waals surface area (Å²) >= 11 is 5.87. The third-order valence-corrected chi connectivity index (χ3v) is 3.32. The quantitative estimate of drug-likeness (QED) is 0.840. The highest BCUT2D eigenvalue weighted by Gasteiger charge is 2.19. The summed E-state index contributed by atoms with van der Waals surface area (Å²) in [5.41, 5.74) is 0.826. The van der Waals surface area contributed by atoms with Crippen LogP contribution in [-0.4, -0.2) is 54.8 Å². The SMILES string of the molecule is O=CN1CCN(C(=O)CNc2cccc(Cl)c2)CC1. The average Bonchev–Trinajstić information content (AvgIpc) is 2.45. The van der Waals surface area contributed by atoms with Gasteiger partial charge < -0.3 is 15.1 Å². The van der Waals surface area contributed by atoms with Crippen molar-refractivity contribution in [2.75, 3.05) is 38.0 Å². The molecule has 1 N–H and O–H groups in total. The van der Waals surface area contributed by atoms with Crippen LogP contribution in [-0.2, 0) is 9.59 Å². The number of anilines is 1. The first-order valence-corrected chi connectivity index (χ1v) is 6.53. The van der Waals surface area contributed by atoms with Crippen molar-refractivity contribution in [2.24, 2.45) is 0 Å². The molecule has 0 aliphatic carbocycles. The van der Waals surface area contributed by atoms with Gasteiger partial charge in [0.15, 0.2) is 0 Å². The summed E-state index contributed by atoms with van der Waals surface area (Å²) in [5, 5.41) is 3.69. The summed E-state index contributed by atoms with van der Waals surface area (Å²) in [7, 11) is 0. The van der Waals surface area contributed by atoms with Crippen LogP contribution in [0, 0.1) is 0 Å². The van der Waals surface area contributed by atoms with Gasteiger partial charge in [0.25, 0.3) is 0 Å². The van der Waals surface area contributed by atoms with E-state index in [1.165, 1.54) is 0 Å². The second kappa shape index (κ2) is 6.43. The Morgan fingerprint density at radius 2 is 2.05 bits per heavy atom. The first-order chi connectivity index (χ1) is 9.19. The molecule has 102 valence electrons. The fourth-order valence-corrected chi connectivity index (χ4v) is 2.15. The topological polar surface area (TPSA) is 52.7 Å². The van der Waals surface area contributed by atoms with Crippen LogP contribution >= 0.6 is 11.6 Å². The van der Waals surface area contributed by atoms with Crippen molar-refractivity contribution in [3.63, 3.8) is 0 Å². The summed E-state index contributed by atoms with van der Waals surface area (Å²) in [6.07, 6.45) is 0.825. The molecule has 6 heteroatoms. The zero-order valence-electron chi connectivity index (χ0n) is 10.5. The molecule has 1 aromatic carbocycles. The van der Waals surface area contributed by atoms with Crippen LogP contribution in [0.5, 0.6) is 0 Å². The molecule has 1 heterocycles. The first-order valence-electron chi connectivity index (χ1n) is 6.15. The van der Waals surface area contributed by atoms with Gasteiger partial charge in [0, 0.05) is 36.9 Å². The first kappa shape index (κ1) is 13.7. The van der Waals surface area contributed by atoms with Crippen LogP contribution < -0.4 is 5.32 Å². The van der Waals surface area contributed by atoms with E-state index in [-0.39, 0.29) is 12.5 Å². The number of rotatable bonds is 4. The Morgan fingerprint density at radius 1 is 1.32 bits per heavy atom. The number of carbonyl (C=O) groups is 2. The van der Waals surface area contributed by atoms with Gasteiger partial charge in [-0.3, -0.25) is 9.59 Å². The molecule has 0 bridgehead atoms. The van der Waals surface area contributed by atoms with Gasteiger partial charge in [-0.1, -0.05) is 17.7 Å². The normalized spacial score (nSPS) is 15.2. The van der Waals surface area contributed by atoms with E-state index in [4.69, 9.17) is 11.6 Å². The summed E-state index contributed by atoms with van der Waals surface area (Å²) in [6, 6.07) is 7.26. The third kappa shape index (κ3) is 3.86. The smallest absolute Gasteiger partial charge is 0.241 e. The molecule has 0 atom stereocenters. The molecule has 1 aliphatic rings. The standard InChI is InChI=1S/C13H16ClN3O2/c14-11-2-1-3-12(8-11)15-9-13(19)17-6-4-16(10-18)5-7-17/h1-3,8,10,15H,4-7,9H2. The van der Waals surface area contributed by atoms with Gasteiger partial charge >= 0.3 is 0 Å². The van der Waals surface area contributed by atoms with Crippen LogP contribution in [0.3, 0.4) is 0 Å². The highest BCUT2D eigenvalue weighted by molar-refractivity contribution is 6.30. The Morgan fingerprint density at radius 3 is 2.68 bits per heavy atom. The fraction of sp³-hybridized carbons (Fsp3) is 0.385. The molecule has 0 spiro atoms. The second-order valence-corrected chi connectivity index (χ2v) is 4.82. The van der Waals surface area contributed by atoms with Gasteiger partial charge in [-0.25, -0.2) is 0 Å². The maximum Gasteiger partial charge on any atom is 0.241 e. The van der Waals surface area contributed by atoms with E-state index in [1.54, 1.807) is 21.9 Å². The molecule has 1 aromatic rings. The van der Waals surface area contributed by atoms with Gasteiger partial charge in [0.05, 0.1) is 6.54 Å². The maximum absolute atomic E-state index is 12.0. The minimum Gasteiger partial charge on any atom is -0.376 e. The lowest BCUT2D eigenvalue weighted by atomic mass is 10.3. The zero-order chi connectivity index (χ0) is 13.7. The minimum atomic E-state index is 0.0329. The van der Waals surface area contributed by atoms with Crippen LogP contribution in [0.15, 0.2) is 24.3 Å². The molecule has 5 nitrogen and oxygen atoms in total. The van der Waals surface area contributed by atoms with E-state index in [0.717, 1.165) is 12.1 Å².